The van der Waals surface area contributed by atoms with E-state index in [0.29, 0.717) is 23.2 Å². The summed E-state index contributed by atoms with van der Waals surface area (Å²) < 4.78 is 0. The van der Waals surface area contributed by atoms with Crippen LogP contribution in [0.15, 0.2) is 170 Å². The lowest BCUT2D eigenvalue weighted by Crippen LogP contribution is -2.02. The number of pyridine rings is 3. The first-order valence-electron chi connectivity index (χ1n) is 17.2. The van der Waals surface area contributed by atoms with Gasteiger partial charge in [0.2, 0.25) is 0 Å². The normalized spacial score (nSPS) is 11.5. The number of nitrogens with zero attached hydrogens (tertiary/aromatic N) is 6. The van der Waals surface area contributed by atoms with Crippen LogP contribution in [-0.2, 0) is 0 Å². The second-order valence-corrected chi connectivity index (χ2v) is 12.8. The van der Waals surface area contributed by atoms with E-state index in [1.807, 2.05) is 72.8 Å². The fourth-order valence-corrected chi connectivity index (χ4v) is 6.84. The molecule has 6 aromatic carbocycles. The molecule has 6 nitrogen and oxygen atoms in total. The van der Waals surface area contributed by atoms with Crippen LogP contribution in [0.25, 0.3) is 100 Å². The molecule has 10 aromatic rings. The van der Waals surface area contributed by atoms with Crippen LogP contribution < -0.4 is 0 Å². The lowest BCUT2D eigenvalue weighted by atomic mass is 9.97. The predicted octanol–water partition coefficient (Wildman–Crippen LogP) is 11.0. The Bertz CT molecular complexity index is 2960. The van der Waals surface area contributed by atoms with Gasteiger partial charge in [-0.2, -0.15) is 0 Å². The van der Waals surface area contributed by atoms with Gasteiger partial charge in [0.25, 0.3) is 0 Å². The van der Waals surface area contributed by atoms with E-state index in [0.717, 1.165) is 77.1 Å². The van der Waals surface area contributed by atoms with Gasteiger partial charge in [0.15, 0.2) is 17.5 Å². The van der Waals surface area contributed by atoms with E-state index in [1.54, 1.807) is 0 Å². The monoisotopic (exact) mass is 664 g/mol. The highest BCUT2D eigenvalue weighted by Crippen LogP contribution is 2.37. The lowest BCUT2D eigenvalue weighted by molar-refractivity contribution is 1.06. The summed E-state index contributed by atoms with van der Waals surface area (Å²) in [5, 5.41) is 5.29. The molecule has 0 unspecified atom stereocenters. The minimum atomic E-state index is 0.504. The Balaban J connectivity index is 1.21. The predicted molar refractivity (Wildman–Crippen MR) is 210 cm³/mol. The molecule has 242 valence electrons. The maximum absolute atomic E-state index is 5.35. The fraction of sp³-hybridized carbons (Fsp3) is 0. The van der Waals surface area contributed by atoms with Gasteiger partial charge in [-0.15, -0.1) is 0 Å². The maximum Gasteiger partial charge on any atom is 0.182 e. The molecule has 52 heavy (non-hydrogen) atoms. The largest absolute Gasteiger partial charge is 0.245 e. The molecule has 10 rings (SSSR count). The summed E-state index contributed by atoms with van der Waals surface area (Å²) in [5.41, 5.74) is 8.70. The van der Waals surface area contributed by atoms with Crippen LogP contribution in [0.3, 0.4) is 0 Å². The molecule has 0 saturated carbocycles. The summed E-state index contributed by atoms with van der Waals surface area (Å²) in [7, 11) is 0. The van der Waals surface area contributed by atoms with Crippen molar-refractivity contribution in [2.24, 2.45) is 0 Å². The molecular formula is C46H28N6. The fourth-order valence-electron chi connectivity index (χ4n) is 6.84. The van der Waals surface area contributed by atoms with Gasteiger partial charge in [-0.05, 0) is 47.2 Å². The minimum Gasteiger partial charge on any atom is -0.245 e. The third-order valence-corrected chi connectivity index (χ3v) is 9.49. The molecule has 0 amide bonds. The molecule has 6 heteroatoms. The van der Waals surface area contributed by atoms with Crippen LogP contribution in [0.1, 0.15) is 0 Å². The average molecular weight is 665 g/mol. The molecule has 0 N–H and O–H groups in total. The highest BCUT2D eigenvalue weighted by Gasteiger charge is 2.19. The van der Waals surface area contributed by atoms with Gasteiger partial charge in [0.05, 0.1) is 27.9 Å². The molecule has 0 aliphatic carbocycles. The zero-order chi connectivity index (χ0) is 34.4. The Hall–Kier alpha value is -7.18. The third kappa shape index (κ3) is 5.30. The number of aromatic nitrogens is 6. The van der Waals surface area contributed by atoms with Crippen LogP contribution in [0.2, 0.25) is 0 Å². The van der Waals surface area contributed by atoms with Crippen molar-refractivity contribution in [2.45, 2.75) is 0 Å². The Kier molecular flexibility index (Phi) is 7.03. The van der Waals surface area contributed by atoms with E-state index in [1.165, 1.54) is 0 Å². The Morgan fingerprint density at radius 3 is 1.50 bits per heavy atom. The summed E-state index contributed by atoms with van der Waals surface area (Å²) in [5.74, 6) is 1.62. The number of para-hydroxylation sites is 1. The molecule has 0 fully saturated rings. The topological polar surface area (TPSA) is 77.3 Å². The molecule has 0 radical (unpaired) electrons. The molecule has 0 aliphatic heterocycles. The Labute approximate surface area is 299 Å². The molecule has 0 bridgehead atoms. The number of hydrogen-bond donors (Lipinski definition) is 0. The number of fused-ring (bicyclic) bond motifs is 5. The van der Waals surface area contributed by atoms with Crippen LogP contribution in [0.4, 0.5) is 0 Å². The van der Waals surface area contributed by atoms with Crippen LogP contribution >= 0.6 is 0 Å². The molecule has 4 heterocycles. The minimum absolute atomic E-state index is 0.504. The Morgan fingerprint density at radius 2 is 0.769 bits per heavy atom. The van der Waals surface area contributed by atoms with Gasteiger partial charge in [-0.3, -0.25) is 0 Å². The smallest absolute Gasteiger partial charge is 0.182 e. The van der Waals surface area contributed by atoms with Gasteiger partial charge >= 0.3 is 0 Å². The zero-order valence-corrected chi connectivity index (χ0v) is 27.8. The van der Waals surface area contributed by atoms with E-state index in [4.69, 9.17) is 29.9 Å². The number of rotatable bonds is 5. The summed E-state index contributed by atoms with van der Waals surface area (Å²) in [6.07, 6.45) is 0. The van der Waals surface area contributed by atoms with Gasteiger partial charge in [-0.1, -0.05) is 133 Å². The SMILES string of the molecule is c1ccc(-c2ccc3ccc4ccc(-c5cc6ccccc6cc5-c5nc(-c6ccccc6)nc(-c6ccc7ccccc7n6)n5)nc4c3n2)cc1. The second-order valence-electron chi connectivity index (χ2n) is 12.8. The van der Waals surface area contributed by atoms with E-state index < -0.39 is 0 Å². The molecule has 0 aliphatic rings. The standard InChI is InChI=1S/C46H28N6/c1-3-11-29(12-4-1)39-24-22-31-19-20-32-23-25-40(49-43(32)42(31)48-39)36-27-34-16-7-8-17-35(34)28-37(36)45-50-44(33-14-5-2-6-15-33)51-46(52-45)41-26-21-30-13-9-10-18-38(30)47-41/h1-28H. The van der Waals surface area contributed by atoms with Gasteiger partial charge < -0.3 is 0 Å². The van der Waals surface area contributed by atoms with E-state index >= 15 is 0 Å². The number of benzene rings is 6. The van der Waals surface area contributed by atoms with Crippen molar-refractivity contribution in [1.82, 2.24) is 29.9 Å². The molecule has 0 atom stereocenters. The first kappa shape index (κ1) is 29.7. The van der Waals surface area contributed by atoms with Crippen molar-refractivity contribution >= 4 is 43.5 Å². The van der Waals surface area contributed by atoms with Gasteiger partial charge in [-0.25, -0.2) is 29.9 Å². The van der Waals surface area contributed by atoms with E-state index in [9.17, 15) is 0 Å². The second kappa shape index (κ2) is 12.3. The first-order valence-corrected chi connectivity index (χ1v) is 17.2. The summed E-state index contributed by atoms with van der Waals surface area (Å²) in [6, 6.07) is 57.7. The van der Waals surface area contributed by atoms with E-state index in [2.05, 4.69) is 97.1 Å². The quantitative estimate of drug-likeness (QED) is 0.170. The average Bonchev–Trinajstić information content (AvgIpc) is 3.23. The maximum atomic E-state index is 5.35. The molecule has 4 aromatic heterocycles. The summed E-state index contributed by atoms with van der Waals surface area (Å²) in [6.45, 7) is 0. The Morgan fingerprint density at radius 1 is 0.269 bits per heavy atom. The van der Waals surface area contributed by atoms with Crippen molar-refractivity contribution in [1.29, 1.82) is 0 Å². The van der Waals surface area contributed by atoms with Gasteiger partial charge in [0.1, 0.15) is 5.69 Å². The van der Waals surface area contributed by atoms with Crippen molar-refractivity contribution < 1.29 is 0 Å². The first-order chi connectivity index (χ1) is 25.7. The zero-order valence-electron chi connectivity index (χ0n) is 27.8. The van der Waals surface area contributed by atoms with Crippen molar-refractivity contribution in [3.8, 4) is 56.8 Å². The highest BCUT2D eigenvalue weighted by atomic mass is 15.0. The van der Waals surface area contributed by atoms with Crippen molar-refractivity contribution in [3.63, 3.8) is 0 Å². The van der Waals surface area contributed by atoms with Crippen LogP contribution in [0.5, 0.6) is 0 Å². The van der Waals surface area contributed by atoms with E-state index in [-0.39, 0.29) is 0 Å². The number of hydrogen-bond acceptors (Lipinski definition) is 6. The summed E-state index contributed by atoms with van der Waals surface area (Å²) >= 11 is 0. The van der Waals surface area contributed by atoms with Crippen LogP contribution in [-0.4, -0.2) is 29.9 Å². The van der Waals surface area contributed by atoms with Gasteiger partial charge in [0, 0.05) is 38.4 Å². The molecular weight excluding hydrogens is 637 g/mol. The molecule has 0 saturated heterocycles. The molecule has 0 spiro atoms. The third-order valence-electron chi connectivity index (χ3n) is 9.49. The highest BCUT2D eigenvalue weighted by molar-refractivity contribution is 6.05. The van der Waals surface area contributed by atoms with Crippen LogP contribution in [0, 0.1) is 0 Å². The van der Waals surface area contributed by atoms with Crippen molar-refractivity contribution in [2.75, 3.05) is 0 Å². The summed E-state index contributed by atoms with van der Waals surface area (Å²) in [4.78, 5) is 30.7. The van der Waals surface area contributed by atoms with Crippen molar-refractivity contribution in [3.05, 3.63) is 170 Å². The lowest BCUT2D eigenvalue weighted by Gasteiger charge is -2.14.